The van der Waals surface area contributed by atoms with Gasteiger partial charge in [-0.15, -0.1) is 0 Å². The summed E-state index contributed by atoms with van der Waals surface area (Å²) in [6, 6.07) is 32.5. The van der Waals surface area contributed by atoms with Crippen molar-refractivity contribution < 1.29 is 27.2 Å². The van der Waals surface area contributed by atoms with Crippen molar-refractivity contribution in [2.45, 2.75) is 30.9 Å². The fourth-order valence-corrected chi connectivity index (χ4v) is 6.23. The molecule has 0 aromatic heterocycles. The largest absolute Gasteiger partial charge is 1.00 e. The number of carbonyl (C=O) groups excluding carboxylic acids is 1. The molecule has 4 rings (SSSR count). The molecule has 0 radical (unpaired) electrons. The SMILES string of the molecule is O=C1CCCC([S-])C1.[Au+].c1ccc([PH+](c2ccccc2)c2ccccc2)cc1. The van der Waals surface area contributed by atoms with Gasteiger partial charge in [-0.05, 0) is 49.2 Å². The molecule has 1 nitrogen and oxygen atoms in total. The predicted molar refractivity (Wildman–Crippen MR) is 121 cm³/mol. The average molecular weight is 589 g/mol. The van der Waals surface area contributed by atoms with Crippen molar-refractivity contribution in [3.05, 3.63) is 91.0 Å². The standard InChI is InChI=1S/C18H15P.C6H10OS.Au/c1-4-10-16(11-5-1)19(17-12-6-2-7-13-17)18-14-8-3-9-15-18;7-5-2-1-3-6(8)4-5;/h1-15H;6,8H,1-4H2;/q;;+1. The second-order valence-electron chi connectivity index (χ2n) is 6.73. The topological polar surface area (TPSA) is 17.1 Å². The van der Waals surface area contributed by atoms with E-state index in [-0.39, 0.29) is 27.6 Å². The predicted octanol–water partition coefficient (Wildman–Crippen LogP) is 4.22. The quantitative estimate of drug-likeness (QED) is 0.259. The average Bonchev–Trinajstić information content (AvgIpc) is 2.71. The molecule has 1 aliphatic rings. The van der Waals surface area contributed by atoms with Crippen LogP contribution in [0.5, 0.6) is 0 Å². The molecule has 3 aromatic rings. The first-order valence-electron chi connectivity index (χ1n) is 9.45. The Bertz CT molecular complexity index is 733. The third-order valence-electron chi connectivity index (χ3n) is 4.62. The Labute approximate surface area is 190 Å². The second kappa shape index (κ2) is 12.4. The molecule has 1 fully saturated rings. The van der Waals surface area contributed by atoms with Crippen molar-refractivity contribution >= 4 is 42.2 Å². The molecule has 1 atom stereocenters. The summed E-state index contributed by atoms with van der Waals surface area (Å²) in [5, 5.41) is 4.55. The third-order valence-corrected chi connectivity index (χ3v) is 7.76. The molecule has 0 aliphatic heterocycles. The van der Waals surface area contributed by atoms with Crippen LogP contribution in [0, 0.1) is 0 Å². The van der Waals surface area contributed by atoms with Gasteiger partial charge in [-0.2, -0.15) is 5.25 Å². The van der Waals surface area contributed by atoms with Gasteiger partial charge in [-0.25, -0.2) is 0 Å². The molecule has 1 aliphatic carbocycles. The minimum atomic E-state index is -0.877. The van der Waals surface area contributed by atoms with E-state index in [0.29, 0.717) is 12.2 Å². The number of hydrogen-bond acceptors (Lipinski definition) is 2. The molecule has 0 N–H and O–H groups in total. The van der Waals surface area contributed by atoms with Crippen LogP contribution in [0.1, 0.15) is 25.7 Å². The zero-order chi connectivity index (χ0) is 18.9. The van der Waals surface area contributed by atoms with E-state index in [0.717, 1.165) is 19.3 Å². The van der Waals surface area contributed by atoms with Gasteiger partial charge in [0.1, 0.15) is 21.7 Å². The third kappa shape index (κ3) is 7.03. The van der Waals surface area contributed by atoms with E-state index in [4.69, 9.17) is 12.6 Å². The summed E-state index contributed by atoms with van der Waals surface area (Å²) in [5.74, 6) is 0.358. The summed E-state index contributed by atoms with van der Waals surface area (Å²) < 4.78 is 0. The van der Waals surface area contributed by atoms with Crippen molar-refractivity contribution in [3.63, 3.8) is 0 Å². The molecule has 3 aromatic carbocycles. The number of ketones is 1. The monoisotopic (exact) mass is 589 g/mol. The van der Waals surface area contributed by atoms with Gasteiger partial charge in [0.25, 0.3) is 0 Å². The molecule has 0 amide bonds. The van der Waals surface area contributed by atoms with Gasteiger partial charge in [-0.3, -0.25) is 4.79 Å². The van der Waals surface area contributed by atoms with E-state index in [9.17, 15) is 4.79 Å². The van der Waals surface area contributed by atoms with Crippen LogP contribution in [0.2, 0.25) is 0 Å². The van der Waals surface area contributed by atoms with Crippen LogP contribution in [0.25, 0.3) is 0 Å². The van der Waals surface area contributed by atoms with Crippen molar-refractivity contribution in [2.24, 2.45) is 0 Å². The summed E-state index contributed by atoms with van der Waals surface area (Å²) >= 11 is 4.95. The van der Waals surface area contributed by atoms with Crippen LogP contribution in [0.4, 0.5) is 0 Å². The van der Waals surface area contributed by atoms with Crippen LogP contribution < -0.4 is 15.9 Å². The van der Waals surface area contributed by atoms with E-state index >= 15 is 0 Å². The molecular weight excluding hydrogens is 564 g/mol. The van der Waals surface area contributed by atoms with Crippen molar-refractivity contribution in [1.82, 2.24) is 0 Å². The number of carbonyl (C=O) groups is 1. The van der Waals surface area contributed by atoms with Gasteiger partial charge in [0.2, 0.25) is 0 Å². The maximum absolute atomic E-state index is 10.6. The first kappa shape index (κ1) is 23.1. The second-order valence-corrected chi connectivity index (χ2v) is 9.88. The molecule has 0 heterocycles. The molecule has 0 bridgehead atoms. The van der Waals surface area contributed by atoms with E-state index < -0.39 is 7.92 Å². The zero-order valence-corrected chi connectivity index (χ0v) is 19.7. The first-order valence-corrected chi connectivity index (χ1v) is 11.4. The zero-order valence-electron chi connectivity index (χ0n) is 15.7. The molecule has 148 valence electrons. The van der Waals surface area contributed by atoms with Crippen LogP contribution >= 0.6 is 7.92 Å². The van der Waals surface area contributed by atoms with Crippen molar-refractivity contribution in [1.29, 1.82) is 0 Å². The van der Waals surface area contributed by atoms with E-state index in [1.54, 1.807) is 0 Å². The van der Waals surface area contributed by atoms with Crippen LogP contribution in [0.3, 0.4) is 0 Å². The molecule has 0 saturated heterocycles. The number of hydrogen-bond donors (Lipinski definition) is 0. The molecule has 28 heavy (non-hydrogen) atoms. The summed E-state index contributed by atoms with van der Waals surface area (Å²) in [5.41, 5.74) is 0. The summed E-state index contributed by atoms with van der Waals surface area (Å²) in [6.07, 6.45) is 3.51. The smallest absolute Gasteiger partial charge is 0.789 e. The maximum atomic E-state index is 10.6. The van der Waals surface area contributed by atoms with Gasteiger partial charge in [-0.1, -0.05) is 61.0 Å². The van der Waals surface area contributed by atoms with Gasteiger partial charge in [0.15, 0.2) is 0 Å². The fourth-order valence-electron chi connectivity index (χ4n) is 3.30. The molecule has 0 spiro atoms. The minimum Gasteiger partial charge on any atom is -0.789 e. The molecule has 1 unspecified atom stereocenters. The summed E-state index contributed by atoms with van der Waals surface area (Å²) in [7, 11) is -0.877. The Kier molecular flexibility index (Phi) is 10.3. The summed E-state index contributed by atoms with van der Waals surface area (Å²) in [4.78, 5) is 10.6. The Hall–Kier alpha value is -1.15. The molecular formula is C24H25AuOPS+. The number of benzene rings is 3. The minimum absolute atomic E-state index is 0. The van der Waals surface area contributed by atoms with E-state index in [1.165, 1.54) is 15.9 Å². The van der Waals surface area contributed by atoms with Crippen LogP contribution in [-0.2, 0) is 39.8 Å². The maximum Gasteiger partial charge on any atom is 1.00 e. The molecule has 4 heteroatoms. The van der Waals surface area contributed by atoms with Crippen LogP contribution in [0.15, 0.2) is 91.0 Å². The first-order chi connectivity index (χ1) is 13.2. The normalized spacial score (nSPS) is 15.9. The van der Waals surface area contributed by atoms with Gasteiger partial charge in [0.05, 0.1) is 7.92 Å². The van der Waals surface area contributed by atoms with Gasteiger partial charge in [0, 0.05) is 6.42 Å². The van der Waals surface area contributed by atoms with Gasteiger partial charge >= 0.3 is 22.4 Å². The van der Waals surface area contributed by atoms with Crippen molar-refractivity contribution in [3.8, 4) is 0 Å². The Balaban J connectivity index is 0.000000264. The van der Waals surface area contributed by atoms with E-state index in [1.807, 2.05) is 0 Å². The number of rotatable bonds is 3. The summed E-state index contributed by atoms with van der Waals surface area (Å²) in [6.45, 7) is 0. The fraction of sp³-hybridized carbons (Fsp3) is 0.208. The van der Waals surface area contributed by atoms with Crippen LogP contribution in [-0.4, -0.2) is 11.0 Å². The van der Waals surface area contributed by atoms with Crippen molar-refractivity contribution in [2.75, 3.05) is 0 Å². The number of Topliss-reactive ketones (excluding diaryl/α,β-unsaturated/α-hetero) is 1. The molecule has 1 saturated carbocycles. The van der Waals surface area contributed by atoms with E-state index in [2.05, 4.69) is 91.0 Å². The Morgan fingerprint density at radius 1 is 0.714 bits per heavy atom. The van der Waals surface area contributed by atoms with Gasteiger partial charge < -0.3 is 12.6 Å². The Morgan fingerprint density at radius 3 is 1.39 bits per heavy atom. The Morgan fingerprint density at radius 2 is 1.11 bits per heavy atom.